The van der Waals surface area contributed by atoms with Gasteiger partial charge in [-0.15, -0.1) is 0 Å². The number of benzene rings is 1. The predicted molar refractivity (Wildman–Crippen MR) is 135 cm³/mol. The number of methoxy groups -OCH3 is 2. The Labute approximate surface area is 218 Å². The molecule has 0 saturated carbocycles. The molecule has 1 aromatic carbocycles. The summed E-state index contributed by atoms with van der Waals surface area (Å²) in [5.41, 5.74) is 3.13. The number of carbonyl (C=O) groups is 4. The number of rotatable bonds is 14. The molecule has 1 aromatic rings. The summed E-state index contributed by atoms with van der Waals surface area (Å²) in [6, 6.07) is 0. The van der Waals surface area contributed by atoms with Crippen molar-refractivity contribution in [3.63, 3.8) is 0 Å². The maximum atomic E-state index is 12.8. The van der Waals surface area contributed by atoms with Crippen LogP contribution in [-0.2, 0) is 41.6 Å². The molecule has 1 aliphatic rings. The van der Waals surface area contributed by atoms with Crippen molar-refractivity contribution in [3.05, 3.63) is 33.9 Å². The first-order valence-corrected chi connectivity index (χ1v) is 12.6. The molecule has 0 saturated heterocycles. The Morgan fingerprint density at radius 3 is 2.43 bits per heavy atom. The molecule has 9 heteroatoms. The van der Waals surface area contributed by atoms with Crippen LogP contribution in [-0.4, -0.2) is 44.7 Å². The van der Waals surface area contributed by atoms with E-state index in [1.54, 1.807) is 0 Å². The first-order valence-electron chi connectivity index (χ1n) is 12.6. The molecule has 9 nitrogen and oxygen atoms in total. The van der Waals surface area contributed by atoms with Crippen molar-refractivity contribution in [1.29, 1.82) is 0 Å². The van der Waals surface area contributed by atoms with E-state index in [-0.39, 0.29) is 55.2 Å². The van der Waals surface area contributed by atoms with Gasteiger partial charge in [0.25, 0.3) is 0 Å². The number of fused-ring (bicyclic) bond motifs is 1. The largest absolute Gasteiger partial charge is 0.496 e. The molecule has 1 heterocycles. The number of unbranched alkanes of at least 4 members (excludes halogenated alkanes) is 1. The second kappa shape index (κ2) is 14.4. The van der Waals surface area contributed by atoms with Crippen LogP contribution in [0.5, 0.6) is 11.5 Å². The minimum absolute atomic E-state index is 0.0801. The van der Waals surface area contributed by atoms with Crippen molar-refractivity contribution >= 4 is 23.9 Å². The third-order valence-corrected chi connectivity index (χ3v) is 6.48. The smallest absolute Gasteiger partial charge is 0.342 e. The number of hydrogen-bond acceptors (Lipinski definition) is 9. The number of carbonyl (C=O) groups excluding carboxylic acids is 4. The maximum absolute atomic E-state index is 12.8. The first-order chi connectivity index (χ1) is 17.6. The van der Waals surface area contributed by atoms with Crippen LogP contribution in [0.1, 0.15) is 86.3 Å². The molecule has 0 fully saturated rings. The Balaban J connectivity index is 2.19. The molecule has 0 N–H and O–H groups in total. The van der Waals surface area contributed by atoms with E-state index in [0.29, 0.717) is 49.0 Å². The van der Waals surface area contributed by atoms with Crippen LogP contribution in [0, 0.1) is 12.8 Å². The van der Waals surface area contributed by atoms with E-state index in [2.05, 4.69) is 0 Å². The first kappa shape index (κ1) is 29.9. The summed E-state index contributed by atoms with van der Waals surface area (Å²) in [5, 5.41) is 0. The summed E-state index contributed by atoms with van der Waals surface area (Å²) in [4.78, 5) is 48.6. The van der Waals surface area contributed by atoms with Crippen molar-refractivity contribution in [3.8, 4) is 11.5 Å². The molecule has 2 rings (SSSR count). The normalized spacial score (nSPS) is 13.5. The van der Waals surface area contributed by atoms with Gasteiger partial charge in [-0.3, -0.25) is 14.4 Å². The van der Waals surface area contributed by atoms with Crippen molar-refractivity contribution in [2.24, 2.45) is 5.92 Å². The average Bonchev–Trinajstić information content (AvgIpc) is 3.28. The summed E-state index contributed by atoms with van der Waals surface area (Å²) in [6.45, 7) is 7.77. The fourth-order valence-electron chi connectivity index (χ4n) is 3.92. The van der Waals surface area contributed by atoms with Gasteiger partial charge in [-0.25, -0.2) is 4.79 Å². The molecular weight excluding hydrogens is 480 g/mol. The van der Waals surface area contributed by atoms with Gasteiger partial charge >= 0.3 is 23.9 Å². The van der Waals surface area contributed by atoms with Gasteiger partial charge in [0.2, 0.25) is 0 Å². The Morgan fingerprint density at radius 1 is 1.05 bits per heavy atom. The molecule has 37 heavy (non-hydrogen) atoms. The van der Waals surface area contributed by atoms with Gasteiger partial charge in [0.1, 0.15) is 17.9 Å². The van der Waals surface area contributed by atoms with E-state index in [9.17, 15) is 19.2 Å². The van der Waals surface area contributed by atoms with E-state index in [1.165, 1.54) is 14.2 Å². The quantitative estimate of drug-likeness (QED) is 0.113. The number of hydrogen-bond donors (Lipinski definition) is 0. The highest BCUT2D eigenvalue weighted by Gasteiger charge is 2.34. The lowest BCUT2D eigenvalue weighted by Crippen LogP contribution is -2.16. The Bertz CT molecular complexity index is 1040. The predicted octanol–water partition coefficient (Wildman–Crippen LogP) is 4.78. The van der Waals surface area contributed by atoms with Gasteiger partial charge in [-0.05, 0) is 51.5 Å². The zero-order chi connectivity index (χ0) is 27.5. The summed E-state index contributed by atoms with van der Waals surface area (Å²) in [5.74, 6) is -1.09. The second-order valence-corrected chi connectivity index (χ2v) is 9.13. The van der Waals surface area contributed by atoms with Crippen LogP contribution < -0.4 is 9.47 Å². The Kier molecular flexibility index (Phi) is 11.6. The summed E-state index contributed by atoms with van der Waals surface area (Å²) in [6.07, 6.45) is 4.78. The third kappa shape index (κ3) is 8.06. The zero-order valence-electron chi connectivity index (χ0n) is 22.7. The maximum Gasteiger partial charge on any atom is 0.342 e. The molecule has 204 valence electrons. The second-order valence-electron chi connectivity index (χ2n) is 9.13. The average molecular weight is 519 g/mol. The monoisotopic (exact) mass is 518 g/mol. The van der Waals surface area contributed by atoms with E-state index in [1.807, 2.05) is 33.8 Å². The van der Waals surface area contributed by atoms with Crippen molar-refractivity contribution < 1.29 is 42.9 Å². The SMILES string of the molecule is CCC(C)C(=O)OCCCCC(=O)Oc1c(C/C=C(\C)CCC(=O)OC)c(OC)c(C)c2c1C(=O)OC2. The van der Waals surface area contributed by atoms with Gasteiger partial charge in [0.15, 0.2) is 5.75 Å². The highest BCUT2D eigenvalue weighted by atomic mass is 16.6. The number of ether oxygens (including phenoxy) is 5. The zero-order valence-corrected chi connectivity index (χ0v) is 22.7. The highest BCUT2D eigenvalue weighted by molar-refractivity contribution is 5.99. The van der Waals surface area contributed by atoms with Gasteiger partial charge in [0.05, 0.1) is 26.7 Å². The van der Waals surface area contributed by atoms with Crippen LogP contribution in [0.4, 0.5) is 0 Å². The van der Waals surface area contributed by atoms with E-state index in [0.717, 1.165) is 11.1 Å². The van der Waals surface area contributed by atoms with Crippen molar-refractivity contribution in [1.82, 2.24) is 0 Å². The highest BCUT2D eigenvalue weighted by Crippen LogP contribution is 2.43. The molecule has 0 bridgehead atoms. The molecule has 1 atom stereocenters. The number of allylic oxidation sites excluding steroid dienone is 2. The van der Waals surface area contributed by atoms with Crippen LogP contribution in [0.25, 0.3) is 0 Å². The molecule has 0 radical (unpaired) electrons. The third-order valence-electron chi connectivity index (χ3n) is 6.48. The van der Waals surface area contributed by atoms with Crippen molar-refractivity contribution in [2.45, 2.75) is 79.2 Å². The fourth-order valence-corrected chi connectivity index (χ4v) is 3.92. The molecule has 1 aliphatic heterocycles. The number of cyclic esters (lactones) is 1. The summed E-state index contributed by atoms with van der Waals surface area (Å²) in [7, 11) is 2.87. The Hall–Kier alpha value is -3.36. The van der Waals surface area contributed by atoms with Gasteiger partial charge in [-0.1, -0.05) is 25.5 Å². The Morgan fingerprint density at radius 2 is 1.78 bits per heavy atom. The van der Waals surface area contributed by atoms with E-state index >= 15 is 0 Å². The van der Waals surface area contributed by atoms with Crippen LogP contribution in [0.3, 0.4) is 0 Å². The topological polar surface area (TPSA) is 114 Å². The van der Waals surface area contributed by atoms with E-state index in [4.69, 9.17) is 23.7 Å². The van der Waals surface area contributed by atoms with Crippen LogP contribution in [0.15, 0.2) is 11.6 Å². The van der Waals surface area contributed by atoms with Crippen molar-refractivity contribution in [2.75, 3.05) is 20.8 Å². The lowest BCUT2D eigenvalue weighted by molar-refractivity contribution is -0.148. The van der Waals surface area contributed by atoms with Gasteiger partial charge < -0.3 is 23.7 Å². The van der Waals surface area contributed by atoms with E-state index < -0.39 is 11.9 Å². The summed E-state index contributed by atoms with van der Waals surface area (Å²) < 4.78 is 26.6. The molecule has 0 aromatic heterocycles. The summed E-state index contributed by atoms with van der Waals surface area (Å²) >= 11 is 0. The van der Waals surface area contributed by atoms with Gasteiger partial charge in [-0.2, -0.15) is 0 Å². The molecule has 1 unspecified atom stereocenters. The standard InChI is InChI=1S/C28H38O9/c1-7-18(3)27(31)35-15-9-8-10-23(30)37-26-20(13-11-17(2)12-14-22(29)33-5)25(34-6)19(4)21-16-36-28(32)24(21)26/h11,18H,7-10,12-16H2,1-6H3/b17-11+. The fraction of sp³-hybridized carbons (Fsp3) is 0.571. The molecule has 0 spiro atoms. The minimum Gasteiger partial charge on any atom is -0.496 e. The van der Waals surface area contributed by atoms with Crippen LogP contribution in [0.2, 0.25) is 0 Å². The minimum atomic E-state index is -0.548. The lowest BCUT2D eigenvalue weighted by atomic mass is 9.94. The lowest BCUT2D eigenvalue weighted by Gasteiger charge is -2.19. The number of esters is 4. The molecule has 0 amide bonds. The molecule has 0 aliphatic carbocycles. The van der Waals surface area contributed by atoms with Gasteiger partial charge in [0, 0.05) is 24.0 Å². The van der Waals surface area contributed by atoms with Crippen LogP contribution >= 0.6 is 0 Å². The molecular formula is C28H38O9.